The maximum atomic E-state index is 12.3. The van der Waals surface area contributed by atoms with Crippen molar-refractivity contribution >= 4 is 29.3 Å². The van der Waals surface area contributed by atoms with Crippen LogP contribution in [0.4, 0.5) is 0 Å². The first-order chi connectivity index (χ1) is 13.1. The van der Waals surface area contributed by atoms with Gasteiger partial charge in [-0.2, -0.15) is 0 Å². The lowest BCUT2D eigenvalue weighted by atomic mass is 10.1. The predicted molar refractivity (Wildman–Crippen MR) is 109 cm³/mol. The van der Waals surface area contributed by atoms with E-state index in [2.05, 4.69) is 15.5 Å². The van der Waals surface area contributed by atoms with Crippen molar-refractivity contribution in [1.82, 2.24) is 20.1 Å². The average molecular weight is 401 g/mol. The zero-order chi connectivity index (χ0) is 19.2. The van der Waals surface area contributed by atoms with E-state index in [-0.39, 0.29) is 5.91 Å². The Morgan fingerprint density at radius 1 is 1.19 bits per heavy atom. The summed E-state index contributed by atoms with van der Waals surface area (Å²) in [6.07, 6.45) is 0. The van der Waals surface area contributed by atoms with Crippen molar-refractivity contribution in [3.8, 4) is 0 Å². The smallest absolute Gasteiger partial charge is 0.251 e. The summed E-state index contributed by atoms with van der Waals surface area (Å²) >= 11 is 7.54. The van der Waals surface area contributed by atoms with Gasteiger partial charge >= 0.3 is 0 Å². The third kappa shape index (κ3) is 5.11. The molecule has 0 aliphatic rings. The number of aryl methyl sites for hydroxylation is 1. The summed E-state index contributed by atoms with van der Waals surface area (Å²) in [5.41, 5.74) is 2.87. The summed E-state index contributed by atoms with van der Waals surface area (Å²) in [4.78, 5) is 12.3. The highest BCUT2D eigenvalue weighted by molar-refractivity contribution is 7.98. The first kappa shape index (κ1) is 19.5. The summed E-state index contributed by atoms with van der Waals surface area (Å²) in [6.45, 7) is 5.09. The fourth-order valence-electron chi connectivity index (χ4n) is 2.65. The fourth-order valence-corrected chi connectivity index (χ4v) is 3.75. The number of halogens is 1. The standard InChI is InChI=1S/C20H21ClN4OS/c1-3-25-18(12-22-19(26)16-6-4-5-14(2)11-16)23-24-20(25)27-13-15-7-9-17(21)10-8-15/h4-11H,3,12-13H2,1-2H3,(H,22,26). The Bertz CT molecular complexity index is 924. The Morgan fingerprint density at radius 3 is 2.67 bits per heavy atom. The second kappa shape index (κ2) is 9.06. The highest BCUT2D eigenvalue weighted by Crippen LogP contribution is 2.23. The highest BCUT2D eigenvalue weighted by atomic mass is 35.5. The van der Waals surface area contributed by atoms with E-state index >= 15 is 0 Å². The van der Waals surface area contributed by atoms with Gasteiger partial charge < -0.3 is 9.88 Å². The Hall–Kier alpha value is -2.31. The number of carbonyl (C=O) groups is 1. The van der Waals surface area contributed by atoms with Gasteiger partial charge in [0.15, 0.2) is 11.0 Å². The molecule has 5 nitrogen and oxygen atoms in total. The number of benzene rings is 2. The Balaban J connectivity index is 1.63. The lowest BCUT2D eigenvalue weighted by molar-refractivity contribution is 0.0949. The van der Waals surface area contributed by atoms with Crippen LogP contribution in [0.1, 0.15) is 34.2 Å². The van der Waals surface area contributed by atoms with Crippen molar-refractivity contribution < 1.29 is 4.79 Å². The quantitative estimate of drug-likeness (QED) is 0.594. The van der Waals surface area contributed by atoms with Crippen molar-refractivity contribution in [2.24, 2.45) is 0 Å². The molecule has 0 aliphatic carbocycles. The van der Waals surface area contributed by atoms with E-state index in [1.165, 1.54) is 5.56 Å². The topological polar surface area (TPSA) is 59.8 Å². The number of rotatable bonds is 7. The van der Waals surface area contributed by atoms with E-state index in [1.54, 1.807) is 17.8 Å². The molecule has 1 aromatic heterocycles. The molecule has 0 fully saturated rings. The van der Waals surface area contributed by atoms with Crippen LogP contribution in [0, 0.1) is 6.92 Å². The van der Waals surface area contributed by atoms with Gasteiger partial charge in [-0.05, 0) is 43.7 Å². The van der Waals surface area contributed by atoms with Crippen molar-refractivity contribution in [3.05, 3.63) is 76.1 Å². The van der Waals surface area contributed by atoms with Crippen LogP contribution in [-0.4, -0.2) is 20.7 Å². The number of hydrogen-bond donors (Lipinski definition) is 1. The molecule has 3 rings (SSSR count). The Morgan fingerprint density at radius 2 is 1.96 bits per heavy atom. The molecule has 140 valence electrons. The molecule has 0 aliphatic heterocycles. The number of thioether (sulfide) groups is 1. The zero-order valence-electron chi connectivity index (χ0n) is 15.3. The first-order valence-electron chi connectivity index (χ1n) is 8.71. The number of nitrogens with zero attached hydrogens (tertiary/aromatic N) is 3. The molecule has 3 aromatic rings. The van der Waals surface area contributed by atoms with Gasteiger partial charge in [0, 0.05) is 22.9 Å². The lowest BCUT2D eigenvalue weighted by Gasteiger charge is -2.09. The number of aromatic nitrogens is 3. The molecule has 0 bridgehead atoms. The Labute approximate surface area is 168 Å². The third-order valence-electron chi connectivity index (χ3n) is 4.08. The molecule has 0 spiro atoms. The largest absolute Gasteiger partial charge is 0.345 e. The van der Waals surface area contributed by atoms with E-state index in [1.807, 2.05) is 60.9 Å². The van der Waals surface area contributed by atoms with Crippen LogP contribution >= 0.6 is 23.4 Å². The molecule has 0 saturated heterocycles. The molecule has 1 heterocycles. The molecule has 1 N–H and O–H groups in total. The zero-order valence-corrected chi connectivity index (χ0v) is 16.8. The van der Waals surface area contributed by atoms with Crippen molar-refractivity contribution in [1.29, 1.82) is 0 Å². The van der Waals surface area contributed by atoms with Crippen LogP contribution in [0.15, 0.2) is 53.7 Å². The van der Waals surface area contributed by atoms with Crippen LogP contribution in [0.2, 0.25) is 5.02 Å². The SMILES string of the molecule is CCn1c(CNC(=O)c2cccc(C)c2)nnc1SCc1ccc(Cl)cc1. The second-order valence-corrected chi connectivity index (χ2v) is 7.49. The van der Waals surface area contributed by atoms with Gasteiger partial charge in [-0.3, -0.25) is 4.79 Å². The van der Waals surface area contributed by atoms with Crippen LogP contribution < -0.4 is 5.32 Å². The van der Waals surface area contributed by atoms with Gasteiger partial charge in [0.1, 0.15) is 0 Å². The highest BCUT2D eigenvalue weighted by Gasteiger charge is 2.13. The summed E-state index contributed by atoms with van der Waals surface area (Å²) in [7, 11) is 0. The molecule has 0 unspecified atom stereocenters. The minimum Gasteiger partial charge on any atom is -0.345 e. The van der Waals surface area contributed by atoms with Gasteiger partial charge in [-0.15, -0.1) is 10.2 Å². The summed E-state index contributed by atoms with van der Waals surface area (Å²) in [5.74, 6) is 1.42. The first-order valence-corrected chi connectivity index (χ1v) is 10.1. The van der Waals surface area contributed by atoms with Crippen LogP contribution in [0.25, 0.3) is 0 Å². The second-order valence-electron chi connectivity index (χ2n) is 6.11. The summed E-state index contributed by atoms with van der Waals surface area (Å²) in [5, 5.41) is 13.0. The molecule has 27 heavy (non-hydrogen) atoms. The van der Waals surface area contributed by atoms with Gasteiger partial charge in [0.05, 0.1) is 6.54 Å². The molecular formula is C20H21ClN4OS. The summed E-state index contributed by atoms with van der Waals surface area (Å²) in [6, 6.07) is 15.3. The molecular weight excluding hydrogens is 380 g/mol. The maximum Gasteiger partial charge on any atom is 0.251 e. The molecule has 0 atom stereocenters. The molecule has 1 amide bonds. The minimum absolute atomic E-state index is 0.111. The normalized spacial score (nSPS) is 10.8. The van der Waals surface area contributed by atoms with Crippen LogP contribution in [-0.2, 0) is 18.8 Å². The van der Waals surface area contributed by atoms with E-state index in [0.717, 1.165) is 33.9 Å². The van der Waals surface area contributed by atoms with Crippen molar-refractivity contribution in [3.63, 3.8) is 0 Å². The number of nitrogens with one attached hydrogen (secondary N) is 1. The predicted octanol–water partition coefficient (Wildman–Crippen LogP) is 4.48. The number of amides is 1. The van der Waals surface area contributed by atoms with Gasteiger partial charge in [0.25, 0.3) is 5.91 Å². The molecule has 0 saturated carbocycles. The van der Waals surface area contributed by atoms with E-state index in [4.69, 9.17) is 11.6 Å². The van der Waals surface area contributed by atoms with Crippen molar-refractivity contribution in [2.45, 2.75) is 37.8 Å². The number of carbonyl (C=O) groups excluding carboxylic acids is 1. The van der Waals surface area contributed by atoms with Crippen LogP contribution in [0.3, 0.4) is 0 Å². The fraction of sp³-hybridized carbons (Fsp3) is 0.250. The van der Waals surface area contributed by atoms with Gasteiger partial charge in [-0.1, -0.05) is 53.2 Å². The van der Waals surface area contributed by atoms with E-state index in [0.29, 0.717) is 12.1 Å². The molecule has 0 radical (unpaired) electrons. The van der Waals surface area contributed by atoms with Gasteiger partial charge in [0.2, 0.25) is 0 Å². The van der Waals surface area contributed by atoms with E-state index in [9.17, 15) is 4.79 Å². The van der Waals surface area contributed by atoms with Gasteiger partial charge in [-0.25, -0.2) is 0 Å². The average Bonchev–Trinajstić information content (AvgIpc) is 3.07. The molecule has 2 aromatic carbocycles. The maximum absolute atomic E-state index is 12.3. The van der Waals surface area contributed by atoms with E-state index < -0.39 is 0 Å². The van der Waals surface area contributed by atoms with Crippen molar-refractivity contribution in [2.75, 3.05) is 0 Å². The molecule has 7 heteroatoms. The monoisotopic (exact) mass is 400 g/mol. The lowest BCUT2D eigenvalue weighted by Crippen LogP contribution is -2.24. The number of hydrogen-bond acceptors (Lipinski definition) is 4. The third-order valence-corrected chi connectivity index (χ3v) is 5.37. The minimum atomic E-state index is -0.111. The summed E-state index contributed by atoms with van der Waals surface area (Å²) < 4.78 is 2.02. The Kier molecular flexibility index (Phi) is 6.53. The van der Waals surface area contributed by atoms with Crippen LogP contribution in [0.5, 0.6) is 0 Å².